The minimum absolute atomic E-state index is 0.0104. The van der Waals surface area contributed by atoms with E-state index in [-0.39, 0.29) is 5.91 Å². The number of carbonyl (C=O) groups excluding carboxylic acids is 1. The van der Waals surface area contributed by atoms with Crippen molar-refractivity contribution in [1.82, 2.24) is 4.98 Å². The van der Waals surface area contributed by atoms with Crippen LogP contribution in [0, 0.1) is 0 Å². The number of carbonyl (C=O) groups is 1. The maximum absolute atomic E-state index is 13.8. The van der Waals surface area contributed by atoms with Crippen LogP contribution in [0.1, 0.15) is 49.4 Å². The number of nitrogens with one attached hydrogen (secondary N) is 2. The number of hydrogen-bond acceptors (Lipinski definition) is 4. The number of para-hydroxylation sites is 2. The van der Waals surface area contributed by atoms with Crippen molar-refractivity contribution >= 4 is 28.2 Å². The summed E-state index contributed by atoms with van der Waals surface area (Å²) in [6.07, 6.45) is 7.01. The Kier molecular flexibility index (Phi) is 7.76. The predicted molar refractivity (Wildman–Crippen MR) is 153 cm³/mol. The van der Waals surface area contributed by atoms with E-state index in [0.717, 1.165) is 77.8 Å². The Morgan fingerprint density at radius 1 is 1.03 bits per heavy atom. The van der Waals surface area contributed by atoms with Crippen molar-refractivity contribution in [2.24, 2.45) is 5.73 Å². The smallest absolute Gasteiger partial charge is 0.258 e. The summed E-state index contributed by atoms with van der Waals surface area (Å²) in [7, 11) is 0. The molecule has 0 saturated heterocycles. The Morgan fingerprint density at radius 2 is 1.89 bits per heavy atom. The van der Waals surface area contributed by atoms with Crippen molar-refractivity contribution in [3.63, 3.8) is 0 Å². The quantitative estimate of drug-likeness (QED) is 0.228. The van der Waals surface area contributed by atoms with E-state index in [0.29, 0.717) is 24.8 Å². The van der Waals surface area contributed by atoms with Gasteiger partial charge >= 0.3 is 0 Å². The van der Waals surface area contributed by atoms with Crippen LogP contribution in [-0.4, -0.2) is 36.6 Å². The van der Waals surface area contributed by atoms with Crippen LogP contribution < -0.4 is 20.7 Å². The van der Waals surface area contributed by atoms with Crippen molar-refractivity contribution in [1.29, 1.82) is 0 Å². The highest BCUT2D eigenvalue weighted by atomic mass is 16.5. The Labute approximate surface area is 218 Å². The monoisotopic (exact) mass is 496 g/mol. The Bertz CT molecular complexity index is 1360. The van der Waals surface area contributed by atoms with Crippen molar-refractivity contribution < 1.29 is 9.53 Å². The molecular formula is C31H36N4O2. The number of aromatic nitrogens is 1. The molecule has 0 saturated carbocycles. The molecule has 1 aliphatic heterocycles. The number of anilines is 2. The van der Waals surface area contributed by atoms with Crippen molar-refractivity contribution in [3.8, 4) is 16.9 Å². The molecule has 0 spiro atoms. The molecule has 1 aliphatic rings. The second-order valence-corrected chi connectivity index (χ2v) is 9.85. The van der Waals surface area contributed by atoms with Crippen LogP contribution in [0.5, 0.6) is 5.75 Å². The van der Waals surface area contributed by atoms with Gasteiger partial charge in [-0.2, -0.15) is 0 Å². The summed E-state index contributed by atoms with van der Waals surface area (Å²) < 4.78 is 6.33. The lowest BCUT2D eigenvalue weighted by Crippen LogP contribution is -2.32. The van der Waals surface area contributed by atoms with Gasteiger partial charge in [0.1, 0.15) is 5.75 Å². The number of aromatic amines is 1. The maximum atomic E-state index is 13.8. The molecule has 192 valence electrons. The first-order valence-electron chi connectivity index (χ1n) is 13.4. The third-order valence-corrected chi connectivity index (χ3v) is 7.08. The summed E-state index contributed by atoms with van der Waals surface area (Å²) >= 11 is 0. The molecule has 37 heavy (non-hydrogen) atoms. The molecule has 1 unspecified atom stereocenters. The summed E-state index contributed by atoms with van der Waals surface area (Å²) in [6, 6.07) is 22.6. The largest absolute Gasteiger partial charge is 0.493 e. The van der Waals surface area contributed by atoms with Crippen LogP contribution >= 0.6 is 0 Å². The number of H-pyrrole nitrogens is 1. The van der Waals surface area contributed by atoms with Gasteiger partial charge in [0, 0.05) is 35.4 Å². The fourth-order valence-electron chi connectivity index (χ4n) is 4.99. The van der Waals surface area contributed by atoms with E-state index in [1.165, 1.54) is 0 Å². The van der Waals surface area contributed by atoms with Gasteiger partial charge < -0.3 is 25.7 Å². The van der Waals surface area contributed by atoms with Crippen molar-refractivity contribution in [2.45, 2.75) is 45.1 Å². The first-order chi connectivity index (χ1) is 18.1. The summed E-state index contributed by atoms with van der Waals surface area (Å²) in [5.74, 6) is 0.734. The van der Waals surface area contributed by atoms with Gasteiger partial charge in [-0.05, 0) is 92.2 Å². The Hall–Kier alpha value is -3.77. The third kappa shape index (κ3) is 5.65. The van der Waals surface area contributed by atoms with Gasteiger partial charge in [0.2, 0.25) is 0 Å². The minimum Gasteiger partial charge on any atom is -0.493 e. The van der Waals surface area contributed by atoms with Gasteiger partial charge in [-0.1, -0.05) is 31.0 Å². The number of fused-ring (bicyclic) bond motifs is 2. The average molecular weight is 497 g/mol. The molecule has 0 aliphatic carbocycles. The van der Waals surface area contributed by atoms with Crippen molar-refractivity contribution in [3.05, 3.63) is 78.5 Å². The number of ether oxygens (including phenoxy) is 1. The predicted octanol–water partition coefficient (Wildman–Crippen LogP) is 6.58. The molecule has 0 radical (unpaired) electrons. The van der Waals surface area contributed by atoms with Gasteiger partial charge in [-0.25, -0.2) is 0 Å². The van der Waals surface area contributed by atoms with E-state index < -0.39 is 0 Å². The summed E-state index contributed by atoms with van der Waals surface area (Å²) in [5, 5.41) is 4.68. The van der Waals surface area contributed by atoms with Crippen molar-refractivity contribution in [2.75, 3.05) is 29.9 Å². The first kappa shape index (κ1) is 24.9. The number of unbranched alkanes of at least 4 members (excludes halogenated alkanes) is 3. The van der Waals surface area contributed by atoms with Gasteiger partial charge in [0.15, 0.2) is 0 Å². The topological polar surface area (TPSA) is 83.4 Å². The lowest BCUT2D eigenvalue weighted by atomic mass is 10.0. The van der Waals surface area contributed by atoms with E-state index in [1.807, 2.05) is 53.6 Å². The van der Waals surface area contributed by atoms with Crippen LogP contribution in [0.25, 0.3) is 22.0 Å². The number of nitrogens with two attached hydrogens (primary N) is 1. The van der Waals surface area contributed by atoms with Gasteiger partial charge in [-0.3, -0.25) is 4.79 Å². The normalized spacial score (nSPS) is 15.2. The number of amides is 1. The zero-order chi connectivity index (χ0) is 25.6. The fourth-order valence-corrected chi connectivity index (χ4v) is 4.99. The minimum atomic E-state index is -0.0104. The number of nitrogens with zero attached hydrogens (tertiary/aromatic N) is 1. The number of rotatable bonds is 9. The van der Waals surface area contributed by atoms with E-state index in [2.05, 4.69) is 41.5 Å². The Balaban J connectivity index is 1.45. The van der Waals surface area contributed by atoms with Gasteiger partial charge in [-0.15, -0.1) is 0 Å². The molecule has 6 heteroatoms. The van der Waals surface area contributed by atoms with E-state index >= 15 is 0 Å². The third-order valence-electron chi connectivity index (χ3n) is 7.08. The van der Waals surface area contributed by atoms with Crippen LogP contribution in [0.4, 0.5) is 11.4 Å². The van der Waals surface area contributed by atoms with Crippen LogP contribution in [0.3, 0.4) is 0 Å². The molecule has 1 atom stereocenters. The molecular weight excluding hydrogens is 460 g/mol. The zero-order valence-corrected chi connectivity index (χ0v) is 21.5. The summed E-state index contributed by atoms with van der Waals surface area (Å²) in [6.45, 7) is 4.15. The fraction of sp³-hybridized carbons (Fsp3) is 0.323. The average Bonchev–Trinajstić information content (AvgIpc) is 3.32. The van der Waals surface area contributed by atoms with Crippen LogP contribution in [0.15, 0.2) is 72.9 Å². The molecule has 0 bridgehead atoms. The number of hydrogen-bond donors (Lipinski definition) is 3. The molecule has 4 aromatic rings. The lowest BCUT2D eigenvalue weighted by Gasteiger charge is -2.23. The standard InChI is InChI=1S/C31H36N4O2/c1-22-15-18-35(29-9-5-4-8-28(29)34-22)31(36)25-10-12-26(23-11-13-27-24(20-23)14-17-33-27)30(21-25)37-19-7-3-2-6-16-32/h4-5,8-14,17,20-22,33-34H,2-3,6-7,15-16,18-19,32H2,1H3. The van der Waals surface area contributed by atoms with E-state index in [1.54, 1.807) is 0 Å². The SMILES string of the molecule is CC1CCN(C(=O)c2ccc(-c3ccc4[nH]ccc4c3)c(OCCCCCCN)c2)c2ccccc2N1. The van der Waals surface area contributed by atoms with Crippen LogP contribution in [-0.2, 0) is 0 Å². The second-order valence-electron chi connectivity index (χ2n) is 9.85. The molecule has 4 N–H and O–H groups in total. The van der Waals surface area contributed by atoms with Gasteiger partial charge in [0.05, 0.1) is 18.0 Å². The van der Waals surface area contributed by atoms with Crippen LogP contribution in [0.2, 0.25) is 0 Å². The second kappa shape index (κ2) is 11.5. The molecule has 6 nitrogen and oxygen atoms in total. The first-order valence-corrected chi connectivity index (χ1v) is 13.4. The van der Waals surface area contributed by atoms with E-state index in [4.69, 9.17) is 10.5 Å². The van der Waals surface area contributed by atoms with E-state index in [9.17, 15) is 4.79 Å². The molecule has 1 amide bonds. The highest BCUT2D eigenvalue weighted by molar-refractivity contribution is 6.08. The molecule has 5 rings (SSSR count). The molecule has 2 heterocycles. The highest BCUT2D eigenvalue weighted by Gasteiger charge is 2.25. The maximum Gasteiger partial charge on any atom is 0.258 e. The number of benzene rings is 3. The highest BCUT2D eigenvalue weighted by Crippen LogP contribution is 2.35. The molecule has 1 aromatic heterocycles. The Morgan fingerprint density at radius 3 is 2.78 bits per heavy atom. The summed E-state index contributed by atoms with van der Waals surface area (Å²) in [5.41, 5.74) is 11.3. The lowest BCUT2D eigenvalue weighted by molar-refractivity contribution is 0.0986. The molecule has 0 fully saturated rings. The zero-order valence-electron chi connectivity index (χ0n) is 21.5. The van der Waals surface area contributed by atoms with Gasteiger partial charge in [0.25, 0.3) is 5.91 Å². The summed E-state index contributed by atoms with van der Waals surface area (Å²) in [4.78, 5) is 19.0. The molecule has 3 aromatic carbocycles.